The molecule has 6 aromatic carbocycles. The van der Waals surface area contributed by atoms with Crippen LogP contribution in [0.4, 0.5) is 5.69 Å². The van der Waals surface area contributed by atoms with Crippen molar-refractivity contribution >= 4 is 55.8 Å². The second-order valence-electron chi connectivity index (χ2n) is 18.0. The predicted molar refractivity (Wildman–Crippen MR) is 323 cm³/mol. The zero-order valence-corrected chi connectivity index (χ0v) is 43.7. The minimum Gasteiger partial charge on any atom is -0.399 e. The van der Waals surface area contributed by atoms with E-state index >= 15 is 0 Å². The van der Waals surface area contributed by atoms with Gasteiger partial charge in [-0.1, -0.05) is 183 Å². The maximum absolute atomic E-state index is 6.22. The lowest BCUT2D eigenvalue weighted by molar-refractivity contribution is 1.08. The smallest absolute Gasteiger partial charge is 0.145 e. The van der Waals surface area contributed by atoms with E-state index in [1.807, 2.05) is 81.7 Å². The Bertz CT molecular complexity index is 3440. The number of rotatable bonds is 16. The number of benzene rings is 6. The van der Waals surface area contributed by atoms with Gasteiger partial charge in [0.1, 0.15) is 5.82 Å². The molecule has 0 unspecified atom stereocenters. The highest BCUT2D eigenvalue weighted by Gasteiger charge is 2.19. The summed E-state index contributed by atoms with van der Waals surface area (Å²) in [4.78, 5) is 10.1. The summed E-state index contributed by atoms with van der Waals surface area (Å²) >= 11 is 0. The molecule has 0 fully saturated rings. The van der Waals surface area contributed by atoms with Gasteiger partial charge >= 0.3 is 0 Å². The van der Waals surface area contributed by atoms with E-state index in [0.29, 0.717) is 6.54 Å². The third kappa shape index (κ3) is 13.5. The van der Waals surface area contributed by atoms with E-state index in [1.54, 1.807) is 0 Å². The molecule has 0 atom stereocenters. The highest BCUT2D eigenvalue weighted by molar-refractivity contribution is 6.13. The molecule has 5 N–H and O–H groups in total. The van der Waals surface area contributed by atoms with Crippen molar-refractivity contribution in [3.63, 3.8) is 0 Å². The summed E-state index contributed by atoms with van der Waals surface area (Å²) in [5, 5.41) is 4.74. The minimum absolute atomic E-state index is 0. The normalized spacial score (nSPS) is 13.3. The van der Waals surface area contributed by atoms with Gasteiger partial charge in [0.15, 0.2) is 0 Å². The van der Waals surface area contributed by atoms with E-state index < -0.39 is 0 Å². The SMILES string of the molecule is C=C(C/C=C\C=C/C)CC1=CC=CCC=C1.C=C/C=C\C=C(/C)c1c2ccc(-c3ccc(N)c(C)c3)cc2c(CN=C/C=C\C)c2ccc(-c3ccc4c(c3)nc(-c3ccccc3)n4/C(C)=C/C=C\C)cc12.N. The van der Waals surface area contributed by atoms with Crippen molar-refractivity contribution in [2.24, 2.45) is 4.99 Å². The number of nitrogens with zero attached hydrogens (tertiary/aromatic N) is 3. The average molecular weight is 958 g/mol. The first-order valence-electron chi connectivity index (χ1n) is 25.0. The monoisotopic (exact) mass is 958 g/mol. The number of nitrogen functional groups attached to an aromatic ring is 1. The molecule has 0 radical (unpaired) electrons. The van der Waals surface area contributed by atoms with Crippen LogP contribution in [-0.4, -0.2) is 15.8 Å². The fourth-order valence-corrected chi connectivity index (χ4v) is 9.01. The predicted octanol–water partition coefficient (Wildman–Crippen LogP) is 19.0. The molecule has 73 heavy (non-hydrogen) atoms. The average Bonchev–Trinajstić information content (AvgIpc) is 3.60. The first-order chi connectivity index (χ1) is 35.1. The first kappa shape index (κ1) is 54.0. The van der Waals surface area contributed by atoms with Crippen LogP contribution in [-0.2, 0) is 6.54 Å². The molecule has 7 aromatic rings. The molecule has 0 amide bonds. The third-order valence-corrected chi connectivity index (χ3v) is 12.7. The summed E-state index contributed by atoms with van der Waals surface area (Å²) in [5.74, 6) is 0.924. The molecule has 0 saturated carbocycles. The van der Waals surface area contributed by atoms with Gasteiger partial charge in [0, 0.05) is 23.2 Å². The van der Waals surface area contributed by atoms with Gasteiger partial charge in [0.25, 0.3) is 0 Å². The third-order valence-electron chi connectivity index (χ3n) is 12.7. The molecule has 5 nitrogen and oxygen atoms in total. The summed E-state index contributed by atoms with van der Waals surface area (Å²) in [6, 6.07) is 37.0. The van der Waals surface area contributed by atoms with Crippen LogP contribution >= 0.6 is 0 Å². The molecule has 0 saturated heterocycles. The van der Waals surface area contributed by atoms with Crippen LogP contribution in [0.15, 0.2) is 242 Å². The zero-order valence-electron chi connectivity index (χ0n) is 43.7. The van der Waals surface area contributed by atoms with E-state index in [0.717, 1.165) is 80.9 Å². The van der Waals surface area contributed by atoms with Crippen molar-refractivity contribution in [1.29, 1.82) is 0 Å². The van der Waals surface area contributed by atoms with Crippen LogP contribution in [0.2, 0.25) is 0 Å². The summed E-state index contributed by atoms with van der Waals surface area (Å²) in [5.41, 5.74) is 23.0. The van der Waals surface area contributed by atoms with Gasteiger partial charge in [-0.05, 0) is 181 Å². The number of aromatic nitrogens is 2. The second-order valence-corrected chi connectivity index (χ2v) is 18.0. The van der Waals surface area contributed by atoms with Crippen LogP contribution in [0.3, 0.4) is 0 Å². The van der Waals surface area contributed by atoms with Gasteiger partial charge in [0.05, 0.1) is 17.6 Å². The van der Waals surface area contributed by atoms with Crippen LogP contribution in [0.25, 0.3) is 77.5 Å². The molecule has 1 aliphatic rings. The van der Waals surface area contributed by atoms with Crippen LogP contribution in [0.1, 0.15) is 70.6 Å². The fourth-order valence-electron chi connectivity index (χ4n) is 9.01. The fraction of sp³-hybridized carbons (Fsp3) is 0.147. The number of hydrogen-bond donors (Lipinski definition) is 2. The van der Waals surface area contributed by atoms with Gasteiger partial charge in [-0.25, -0.2) is 4.98 Å². The van der Waals surface area contributed by atoms with Gasteiger partial charge in [-0.2, -0.15) is 0 Å². The lowest BCUT2D eigenvalue weighted by atomic mass is 9.85. The van der Waals surface area contributed by atoms with Crippen LogP contribution in [0.5, 0.6) is 0 Å². The Kier molecular flexibility index (Phi) is 19.8. The molecule has 1 aliphatic carbocycles. The van der Waals surface area contributed by atoms with Crippen molar-refractivity contribution in [2.75, 3.05) is 5.73 Å². The number of fused-ring (bicyclic) bond motifs is 3. The molecule has 5 heteroatoms. The standard InChI is InChI=1S/C52H48N4.C16H20.H3N/c1-7-10-14-17-35(4)51-44-26-22-40(39-23-27-48(53)36(5)30-39)31-45(44)47(34-54-29-12-9-3)43-25-21-41(32-46(43)51)42-24-28-50-49(33-42)55-52(38-19-15-13-16-20-38)56(50)37(6)18-11-8-2;1-3-4-5-8-11-15(2)14-16-12-9-6-7-10-13-16;/h7-33H,1,34,53H2,2-6H3;3-6,8-10,12-13H,2,7,11,14H2,1H3;1H3/b11-8-,12-9-,14-10-,35-17+,37-18+,54-29?;4-3-,8-5-;. The van der Waals surface area contributed by atoms with Crippen LogP contribution < -0.4 is 11.9 Å². The van der Waals surface area contributed by atoms with Gasteiger partial charge in [-0.15, -0.1) is 0 Å². The number of imidazole rings is 1. The van der Waals surface area contributed by atoms with Crippen molar-refractivity contribution < 1.29 is 0 Å². The summed E-state index contributed by atoms with van der Waals surface area (Å²) in [7, 11) is 0. The van der Waals surface area contributed by atoms with Gasteiger partial charge in [-0.3, -0.25) is 9.56 Å². The summed E-state index contributed by atoms with van der Waals surface area (Å²) in [6.45, 7) is 21.0. The molecule has 368 valence electrons. The van der Waals surface area contributed by atoms with Gasteiger partial charge in [0.2, 0.25) is 0 Å². The minimum atomic E-state index is 0. The molecular weight excluding hydrogens is 887 g/mol. The Balaban J connectivity index is 0.000000438. The summed E-state index contributed by atoms with van der Waals surface area (Å²) in [6.07, 6.45) is 42.3. The van der Waals surface area contributed by atoms with E-state index in [2.05, 4.69) is 196 Å². The van der Waals surface area contributed by atoms with Crippen molar-refractivity contribution in [3.05, 3.63) is 253 Å². The van der Waals surface area contributed by atoms with E-state index in [-0.39, 0.29) is 6.15 Å². The van der Waals surface area contributed by atoms with E-state index in [1.165, 1.54) is 49.4 Å². The second kappa shape index (κ2) is 26.7. The highest BCUT2D eigenvalue weighted by Crippen LogP contribution is 2.42. The molecule has 1 heterocycles. The van der Waals surface area contributed by atoms with E-state index in [9.17, 15) is 0 Å². The van der Waals surface area contributed by atoms with Crippen molar-refractivity contribution in [2.45, 2.75) is 67.3 Å². The van der Waals surface area contributed by atoms with Crippen LogP contribution in [0, 0.1) is 6.92 Å². The zero-order chi connectivity index (χ0) is 50.8. The largest absolute Gasteiger partial charge is 0.399 e. The Labute approximate surface area is 434 Å². The molecule has 1 aromatic heterocycles. The van der Waals surface area contributed by atoms with Crippen molar-refractivity contribution in [3.8, 4) is 33.6 Å². The number of aliphatic imine (C=N–C) groups is 1. The number of hydrogen-bond acceptors (Lipinski definition) is 4. The summed E-state index contributed by atoms with van der Waals surface area (Å²) < 4.78 is 2.25. The Hall–Kier alpha value is -8.38. The topological polar surface area (TPSA) is 91.2 Å². The number of allylic oxidation sites excluding steroid dienone is 22. The quantitative estimate of drug-likeness (QED) is 0.0332. The highest BCUT2D eigenvalue weighted by atomic mass is 15.1. The molecule has 0 aliphatic heterocycles. The molecule has 8 rings (SSSR count). The number of anilines is 1. The van der Waals surface area contributed by atoms with E-state index in [4.69, 9.17) is 15.7 Å². The molecular formula is C68H71N5. The maximum Gasteiger partial charge on any atom is 0.145 e. The first-order valence-corrected chi connectivity index (χ1v) is 25.0. The maximum atomic E-state index is 6.22. The number of nitrogens with two attached hydrogens (primary N) is 1. The lowest BCUT2D eigenvalue weighted by Crippen LogP contribution is -1.97. The lowest BCUT2D eigenvalue weighted by Gasteiger charge is -2.19. The Morgan fingerprint density at radius 2 is 1.41 bits per heavy atom. The Morgan fingerprint density at radius 1 is 0.712 bits per heavy atom. The molecule has 0 spiro atoms. The van der Waals surface area contributed by atoms with Gasteiger partial charge < -0.3 is 11.9 Å². The number of aryl methyl sites for hydroxylation is 1. The Morgan fingerprint density at radius 3 is 2.15 bits per heavy atom. The molecule has 0 bridgehead atoms. The van der Waals surface area contributed by atoms with Crippen molar-refractivity contribution in [1.82, 2.24) is 15.7 Å².